The number of anilines is 1. The van der Waals surface area contributed by atoms with Crippen LogP contribution in [0.15, 0.2) is 40.2 Å². The van der Waals surface area contributed by atoms with Crippen LogP contribution in [0.5, 0.6) is 0 Å². The van der Waals surface area contributed by atoms with Gasteiger partial charge in [-0.1, -0.05) is 28.1 Å². The molecule has 0 aliphatic rings. The molecule has 0 radical (unpaired) electrons. The van der Waals surface area contributed by atoms with Gasteiger partial charge in [-0.2, -0.15) is 0 Å². The molecule has 4 nitrogen and oxygen atoms in total. The van der Waals surface area contributed by atoms with Gasteiger partial charge in [0.2, 0.25) is 5.91 Å². The molecule has 1 heterocycles. The minimum Gasteiger partial charge on any atom is -0.380 e. The van der Waals surface area contributed by atoms with Crippen LogP contribution in [0, 0.1) is 0 Å². The smallest absolute Gasteiger partial charge is 0.246 e. The monoisotopic (exact) mass is 354 g/mol. The Morgan fingerprint density at radius 2 is 2.25 bits per heavy atom. The van der Waals surface area contributed by atoms with E-state index in [1.165, 1.54) is 11.3 Å². The molecule has 1 unspecified atom stereocenters. The molecule has 6 heteroatoms. The number of benzene rings is 1. The number of rotatable bonds is 5. The molecule has 1 aromatic carbocycles. The zero-order chi connectivity index (χ0) is 14.5. The first-order valence-electron chi connectivity index (χ1n) is 5.99. The largest absolute Gasteiger partial charge is 0.380 e. The van der Waals surface area contributed by atoms with Crippen molar-refractivity contribution in [3.05, 3.63) is 50.6 Å². The van der Waals surface area contributed by atoms with Crippen LogP contribution in [0.2, 0.25) is 0 Å². The maximum Gasteiger partial charge on any atom is 0.246 e. The Morgan fingerprint density at radius 1 is 1.45 bits per heavy atom. The van der Waals surface area contributed by atoms with Crippen LogP contribution in [-0.2, 0) is 16.1 Å². The Morgan fingerprint density at radius 3 is 2.90 bits per heavy atom. The summed E-state index contributed by atoms with van der Waals surface area (Å²) in [6.45, 7) is 0.408. The number of carbonyl (C=O) groups is 1. The molecular formula is C14H15BrN2O2S. The Labute approximate surface area is 130 Å². The number of thiophene rings is 1. The molecule has 20 heavy (non-hydrogen) atoms. The summed E-state index contributed by atoms with van der Waals surface area (Å²) in [4.78, 5) is 13.0. The minimum absolute atomic E-state index is 0.233. The molecule has 0 bridgehead atoms. The molecule has 2 rings (SSSR count). The zero-order valence-corrected chi connectivity index (χ0v) is 13.3. The first kappa shape index (κ1) is 15.2. The lowest BCUT2D eigenvalue weighted by molar-refractivity contribution is -0.117. The average Bonchev–Trinajstić information content (AvgIpc) is 2.96. The topological polar surface area (TPSA) is 64.3 Å². The third kappa shape index (κ3) is 3.46. The summed E-state index contributed by atoms with van der Waals surface area (Å²) in [7, 11) is 1.61. The lowest BCUT2D eigenvalue weighted by atomic mass is 10.1. The van der Waals surface area contributed by atoms with Crippen molar-refractivity contribution < 1.29 is 9.53 Å². The van der Waals surface area contributed by atoms with E-state index in [9.17, 15) is 4.79 Å². The van der Waals surface area contributed by atoms with E-state index in [-0.39, 0.29) is 5.91 Å². The van der Waals surface area contributed by atoms with Crippen LogP contribution in [-0.4, -0.2) is 13.0 Å². The van der Waals surface area contributed by atoms with Crippen LogP contribution in [0.3, 0.4) is 0 Å². The van der Waals surface area contributed by atoms with Crippen LogP contribution in [0.25, 0.3) is 0 Å². The van der Waals surface area contributed by atoms with E-state index in [0.29, 0.717) is 12.3 Å². The lowest BCUT2D eigenvalue weighted by Crippen LogP contribution is -2.27. The molecule has 0 aliphatic heterocycles. The van der Waals surface area contributed by atoms with E-state index >= 15 is 0 Å². The van der Waals surface area contributed by atoms with E-state index in [2.05, 4.69) is 21.2 Å². The van der Waals surface area contributed by atoms with Gasteiger partial charge in [0.25, 0.3) is 0 Å². The number of nitrogens with two attached hydrogens (primary N) is 1. The van der Waals surface area contributed by atoms with Crippen molar-refractivity contribution in [3.8, 4) is 0 Å². The summed E-state index contributed by atoms with van der Waals surface area (Å²) in [6, 6.07) is 8.66. The second kappa shape index (κ2) is 6.99. The molecule has 1 atom stereocenters. The van der Waals surface area contributed by atoms with Crippen molar-refractivity contribution in [1.29, 1.82) is 0 Å². The van der Waals surface area contributed by atoms with Gasteiger partial charge in [-0.3, -0.25) is 4.79 Å². The molecule has 2 aromatic rings. The highest BCUT2D eigenvalue weighted by molar-refractivity contribution is 9.10. The van der Waals surface area contributed by atoms with Gasteiger partial charge in [0.15, 0.2) is 0 Å². The number of nitrogens with one attached hydrogen (secondary N) is 1. The van der Waals surface area contributed by atoms with Crippen molar-refractivity contribution in [2.75, 3.05) is 12.4 Å². The standard InChI is InChI=1S/C14H15BrN2O2S/c1-19-8-9-10(15)4-2-5-11(9)17-14(18)13(16)12-6-3-7-20-12/h2-7,13H,8,16H2,1H3,(H,17,18). The Kier molecular flexibility index (Phi) is 5.31. The van der Waals surface area contributed by atoms with Gasteiger partial charge in [0.1, 0.15) is 6.04 Å². The number of amides is 1. The fourth-order valence-electron chi connectivity index (χ4n) is 1.77. The number of hydrogen-bond donors (Lipinski definition) is 2. The first-order chi connectivity index (χ1) is 9.63. The van der Waals surface area contributed by atoms with Crippen LogP contribution in [0.1, 0.15) is 16.5 Å². The van der Waals surface area contributed by atoms with Gasteiger partial charge >= 0.3 is 0 Å². The molecule has 106 valence electrons. The quantitative estimate of drug-likeness (QED) is 0.865. The summed E-state index contributed by atoms with van der Waals surface area (Å²) in [5.74, 6) is -0.233. The predicted molar refractivity (Wildman–Crippen MR) is 84.7 cm³/mol. The summed E-state index contributed by atoms with van der Waals surface area (Å²) in [5.41, 5.74) is 7.55. The minimum atomic E-state index is -0.663. The highest BCUT2D eigenvalue weighted by atomic mass is 79.9. The molecular weight excluding hydrogens is 340 g/mol. The van der Waals surface area contributed by atoms with Crippen LogP contribution >= 0.6 is 27.3 Å². The van der Waals surface area contributed by atoms with Gasteiger partial charge < -0.3 is 15.8 Å². The SMILES string of the molecule is COCc1c(Br)cccc1NC(=O)C(N)c1cccs1. The summed E-state index contributed by atoms with van der Waals surface area (Å²) >= 11 is 4.92. The van der Waals surface area contributed by atoms with Gasteiger partial charge in [-0.05, 0) is 23.6 Å². The maximum absolute atomic E-state index is 12.2. The van der Waals surface area contributed by atoms with Crippen molar-refractivity contribution in [2.45, 2.75) is 12.6 Å². The molecule has 0 fully saturated rings. The predicted octanol–water partition coefficient (Wildman–Crippen LogP) is 3.30. The van der Waals surface area contributed by atoms with Gasteiger partial charge in [0, 0.05) is 27.7 Å². The van der Waals surface area contributed by atoms with E-state index < -0.39 is 6.04 Å². The molecule has 0 saturated carbocycles. The third-order valence-electron chi connectivity index (χ3n) is 2.80. The van der Waals surface area contributed by atoms with Crippen molar-refractivity contribution >= 4 is 38.9 Å². The summed E-state index contributed by atoms with van der Waals surface area (Å²) in [5, 5.41) is 4.76. The molecule has 0 spiro atoms. The Hall–Kier alpha value is -1.21. The second-order valence-electron chi connectivity index (χ2n) is 4.18. The highest BCUT2D eigenvalue weighted by Crippen LogP contribution is 2.27. The fourth-order valence-corrected chi connectivity index (χ4v) is 2.98. The zero-order valence-electron chi connectivity index (χ0n) is 10.9. The lowest BCUT2D eigenvalue weighted by Gasteiger charge is -2.15. The fraction of sp³-hybridized carbons (Fsp3) is 0.214. The number of halogens is 1. The van der Waals surface area contributed by atoms with Crippen LogP contribution < -0.4 is 11.1 Å². The number of carbonyl (C=O) groups excluding carboxylic acids is 1. The van der Waals surface area contributed by atoms with E-state index in [0.717, 1.165) is 14.9 Å². The van der Waals surface area contributed by atoms with E-state index in [1.807, 2.05) is 35.7 Å². The summed E-state index contributed by atoms with van der Waals surface area (Å²) in [6.07, 6.45) is 0. The maximum atomic E-state index is 12.2. The van der Waals surface area contributed by atoms with Gasteiger partial charge in [-0.15, -0.1) is 11.3 Å². The van der Waals surface area contributed by atoms with Crippen molar-refractivity contribution in [1.82, 2.24) is 0 Å². The molecule has 3 N–H and O–H groups in total. The highest BCUT2D eigenvalue weighted by Gasteiger charge is 2.18. The van der Waals surface area contributed by atoms with Gasteiger partial charge in [0.05, 0.1) is 6.61 Å². The molecule has 0 aliphatic carbocycles. The first-order valence-corrected chi connectivity index (χ1v) is 7.67. The Bertz CT molecular complexity index is 587. The number of methoxy groups -OCH3 is 1. The summed E-state index contributed by atoms with van der Waals surface area (Å²) < 4.78 is 6.04. The molecule has 0 saturated heterocycles. The third-order valence-corrected chi connectivity index (χ3v) is 4.50. The van der Waals surface area contributed by atoms with E-state index in [1.54, 1.807) is 7.11 Å². The van der Waals surface area contributed by atoms with Gasteiger partial charge in [-0.25, -0.2) is 0 Å². The normalized spacial score (nSPS) is 12.2. The van der Waals surface area contributed by atoms with E-state index in [4.69, 9.17) is 10.5 Å². The second-order valence-corrected chi connectivity index (χ2v) is 6.01. The molecule has 1 aromatic heterocycles. The van der Waals surface area contributed by atoms with Crippen molar-refractivity contribution in [2.24, 2.45) is 5.73 Å². The number of ether oxygens (including phenoxy) is 1. The Balaban J connectivity index is 2.17. The van der Waals surface area contributed by atoms with Crippen molar-refractivity contribution in [3.63, 3.8) is 0 Å². The average molecular weight is 355 g/mol. The molecule has 1 amide bonds. The number of hydrogen-bond acceptors (Lipinski definition) is 4. The van der Waals surface area contributed by atoms with Crippen LogP contribution in [0.4, 0.5) is 5.69 Å².